The molecule has 29 heavy (non-hydrogen) atoms. The van der Waals surface area contributed by atoms with E-state index in [1.807, 2.05) is 42.5 Å². The van der Waals surface area contributed by atoms with Gasteiger partial charge in [0.2, 0.25) is 5.91 Å². The Balaban J connectivity index is 1.61. The second-order valence-electron chi connectivity index (χ2n) is 7.22. The van der Waals surface area contributed by atoms with Gasteiger partial charge in [-0.2, -0.15) is 0 Å². The van der Waals surface area contributed by atoms with Crippen molar-refractivity contribution in [1.29, 1.82) is 0 Å². The molecule has 2 amide bonds. The van der Waals surface area contributed by atoms with Crippen LogP contribution in [0.1, 0.15) is 27.2 Å². The molecule has 3 aromatic rings. The minimum absolute atomic E-state index is 0.112. The fourth-order valence-electron chi connectivity index (χ4n) is 3.74. The van der Waals surface area contributed by atoms with Gasteiger partial charge in [0.05, 0.1) is 6.26 Å². The number of carbonyl (C=O) groups excluding carboxylic acids is 2. The van der Waals surface area contributed by atoms with Crippen molar-refractivity contribution >= 4 is 23.4 Å². The first-order chi connectivity index (χ1) is 14.0. The summed E-state index contributed by atoms with van der Waals surface area (Å²) in [6, 6.07) is 18.1. The molecule has 4 rings (SSSR count). The van der Waals surface area contributed by atoms with Gasteiger partial charge in [0, 0.05) is 31.6 Å². The standard InChI is InChI=1S/C23H21ClN2O3/c1-25(14-16-6-4-9-19(24)12-16)22(27)20-13-17-7-2-3-8-18(17)15-26(20)23(28)21-10-5-11-29-21/h2-12,20H,13-15H2,1H3. The number of fused-ring (bicyclic) bond motifs is 1. The monoisotopic (exact) mass is 408 g/mol. The smallest absolute Gasteiger partial charge is 0.290 e. The number of halogens is 1. The van der Waals surface area contributed by atoms with Gasteiger partial charge in [-0.25, -0.2) is 0 Å². The zero-order valence-corrected chi connectivity index (χ0v) is 16.8. The lowest BCUT2D eigenvalue weighted by Crippen LogP contribution is -2.52. The highest BCUT2D eigenvalue weighted by Crippen LogP contribution is 2.26. The fraction of sp³-hybridized carbons (Fsp3) is 0.217. The number of carbonyl (C=O) groups is 2. The normalized spacial score (nSPS) is 15.7. The summed E-state index contributed by atoms with van der Waals surface area (Å²) < 4.78 is 5.30. The molecule has 2 aromatic carbocycles. The van der Waals surface area contributed by atoms with Crippen LogP contribution < -0.4 is 0 Å². The zero-order chi connectivity index (χ0) is 20.4. The number of hydrogen-bond donors (Lipinski definition) is 0. The van der Waals surface area contributed by atoms with E-state index in [0.717, 1.165) is 16.7 Å². The highest BCUT2D eigenvalue weighted by Gasteiger charge is 2.37. The van der Waals surface area contributed by atoms with Crippen molar-refractivity contribution in [3.05, 3.63) is 94.4 Å². The number of benzene rings is 2. The van der Waals surface area contributed by atoms with Crippen LogP contribution >= 0.6 is 11.6 Å². The largest absolute Gasteiger partial charge is 0.459 e. The Labute approximate surface area is 174 Å². The maximum Gasteiger partial charge on any atom is 0.290 e. The third-order valence-electron chi connectivity index (χ3n) is 5.21. The summed E-state index contributed by atoms with van der Waals surface area (Å²) in [5, 5.41) is 0.629. The van der Waals surface area contributed by atoms with Crippen LogP contribution in [0, 0.1) is 0 Å². The highest BCUT2D eigenvalue weighted by atomic mass is 35.5. The van der Waals surface area contributed by atoms with E-state index in [-0.39, 0.29) is 17.6 Å². The average molecular weight is 409 g/mol. The Kier molecular flexibility index (Phi) is 5.41. The van der Waals surface area contributed by atoms with E-state index in [9.17, 15) is 9.59 Å². The first-order valence-corrected chi connectivity index (χ1v) is 9.81. The molecule has 148 valence electrons. The molecule has 0 aliphatic carbocycles. The van der Waals surface area contributed by atoms with E-state index < -0.39 is 6.04 Å². The molecule has 1 unspecified atom stereocenters. The molecular weight excluding hydrogens is 388 g/mol. The van der Waals surface area contributed by atoms with Crippen molar-refractivity contribution in [3.8, 4) is 0 Å². The molecule has 2 heterocycles. The molecule has 0 spiro atoms. The van der Waals surface area contributed by atoms with Crippen molar-refractivity contribution in [2.45, 2.75) is 25.6 Å². The second-order valence-corrected chi connectivity index (χ2v) is 7.66. The van der Waals surface area contributed by atoms with E-state index in [1.165, 1.54) is 6.26 Å². The van der Waals surface area contributed by atoms with Crippen LogP contribution in [0.5, 0.6) is 0 Å². The van der Waals surface area contributed by atoms with Crippen LogP contribution in [0.4, 0.5) is 0 Å². The zero-order valence-electron chi connectivity index (χ0n) is 16.0. The van der Waals surface area contributed by atoms with Crippen molar-refractivity contribution in [1.82, 2.24) is 9.80 Å². The Morgan fingerprint density at radius 2 is 1.90 bits per heavy atom. The van der Waals surface area contributed by atoms with Crippen LogP contribution in [0.2, 0.25) is 5.02 Å². The molecule has 5 nitrogen and oxygen atoms in total. The van der Waals surface area contributed by atoms with Crippen molar-refractivity contribution in [2.75, 3.05) is 7.05 Å². The van der Waals surface area contributed by atoms with Gasteiger partial charge in [0.15, 0.2) is 5.76 Å². The van der Waals surface area contributed by atoms with Gasteiger partial charge >= 0.3 is 0 Å². The van der Waals surface area contributed by atoms with Crippen molar-refractivity contribution < 1.29 is 14.0 Å². The molecule has 0 bridgehead atoms. The number of amides is 2. The predicted molar refractivity (Wildman–Crippen MR) is 110 cm³/mol. The summed E-state index contributed by atoms with van der Waals surface area (Å²) >= 11 is 6.07. The number of rotatable bonds is 4. The molecule has 1 aliphatic heterocycles. The molecule has 6 heteroatoms. The van der Waals surface area contributed by atoms with Gasteiger partial charge in [-0.1, -0.05) is 48.0 Å². The quantitative estimate of drug-likeness (QED) is 0.651. The first-order valence-electron chi connectivity index (χ1n) is 9.43. The minimum Gasteiger partial charge on any atom is -0.459 e. The van der Waals surface area contributed by atoms with E-state index in [1.54, 1.807) is 35.0 Å². The molecule has 0 radical (unpaired) electrons. The Morgan fingerprint density at radius 3 is 2.62 bits per heavy atom. The van der Waals surface area contributed by atoms with E-state index in [4.69, 9.17) is 16.0 Å². The topological polar surface area (TPSA) is 53.8 Å². The number of nitrogens with zero attached hydrogens (tertiary/aromatic N) is 2. The van der Waals surface area contributed by atoms with E-state index >= 15 is 0 Å². The lowest BCUT2D eigenvalue weighted by molar-refractivity contribution is -0.135. The molecule has 0 saturated heterocycles. The predicted octanol–water partition coefficient (Wildman–Crippen LogP) is 4.16. The molecule has 1 aromatic heterocycles. The maximum absolute atomic E-state index is 13.4. The van der Waals surface area contributed by atoms with E-state index in [0.29, 0.717) is 24.5 Å². The molecule has 0 N–H and O–H groups in total. The molecule has 1 aliphatic rings. The fourth-order valence-corrected chi connectivity index (χ4v) is 3.95. The summed E-state index contributed by atoms with van der Waals surface area (Å²) in [5.41, 5.74) is 3.08. The summed E-state index contributed by atoms with van der Waals surface area (Å²) in [6.45, 7) is 0.789. The molecule has 0 fully saturated rings. The number of likely N-dealkylation sites (N-methyl/N-ethyl adjacent to an activating group) is 1. The Bertz CT molecular complexity index is 1030. The van der Waals surface area contributed by atoms with Gasteiger partial charge in [0.1, 0.15) is 6.04 Å². The Hall–Kier alpha value is -3.05. The number of hydrogen-bond acceptors (Lipinski definition) is 3. The summed E-state index contributed by atoms with van der Waals surface area (Å²) in [7, 11) is 1.75. The van der Waals surface area contributed by atoms with Gasteiger partial charge in [0.25, 0.3) is 5.91 Å². The molecular formula is C23H21ClN2O3. The van der Waals surface area contributed by atoms with Gasteiger partial charge in [-0.05, 0) is 41.0 Å². The molecule has 1 atom stereocenters. The summed E-state index contributed by atoms with van der Waals surface area (Å²) in [5.74, 6) is -0.155. The SMILES string of the molecule is CN(Cc1cccc(Cl)c1)C(=O)C1Cc2ccccc2CN1C(=O)c1ccco1. The summed E-state index contributed by atoms with van der Waals surface area (Å²) in [6.07, 6.45) is 1.94. The first kappa shape index (κ1) is 19.3. The average Bonchev–Trinajstić information content (AvgIpc) is 3.26. The van der Waals surface area contributed by atoms with Crippen LogP contribution in [0.3, 0.4) is 0 Å². The summed E-state index contributed by atoms with van der Waals surface area (Å²) in [4.78, 5) is 29.7. The van der Waals surface area contributed by atoms with Crippen molar-refractivity contribution in [3.63, 3.8) is 0 Å². The Morgan fingerprint density at radius 1 is 1.10 bits per heavy atom. The van der Waals surface area contributed by atoms with E-state index in [2.05, 4.69) is 0 Å². The van der Waals surface area contributed by atoms with Gasteiger partial charge < -0.3 is 14.2 Å². The lowest BCUT2D eigenvalue weighted by Gasteiger charge is -2.37. The van der Waals surface area contributed by atoms with Gasteiger partial charge in [-0.3, -0.25) is 9.59 Å². The third kappa shape index (κ3) is 4.05. The lowest BCUT2D eigenvalue weighted by atomic mass is 9.93. The van der Waals surface area contributed by atoms with Gasteiger partial charge in [-0.15, -0.1) is 0 Å². The van der Waals surface area contributed by atoms with Crippen molar-refractivity contribution in [2.24, 2.45) is 0 Å². The van der Waals surface area contributed by atoms with Crippen LogP contribution in [0.25, 0.3) is 0 Å². The molecule has 0 saturated carbocycles. The minimum atomic E-state index is -0.591. The third-order valence-corrected chi connectivity index (χ3v) is 5.45. The van der Waals surface area contributed by atoms with Crippen LogP contribution in [-0.4, -0.2) is 34.7 Å². The van der Waals surface area contributed by atoms with Crippen LogP contribution in [0.15, 0.2) is 71.3 Å². The van der Waals surface area contributed by atoms with Crippen LogP contribution in [-0.2, 0) is 24.3 Å². The number of furan rings is 1. The second kappa shape index (κ2) is 8.13. The maximum atomic E-state index is 13.4. The highest BCUT2D eigenvalue weighted by molar-refractivity contribution is 6.30.